The molecule has 0 spiro atoms. The van der Waals surface area contributed by atoms with Gasteiger partial charge in [-0.25, -0.2) is 4.79 Å². The Balaban J connectivity index is 1.45. The lowest BCUT2D eigenvalue weighted by Gasteiger charge is -2.37. The lowest BCUT2D eigenvalue weighted by atomic mass is 9.81. The molecule has 1 heterocycles. The van der Waals surface area contributed by atoms with Gasteiger partial charge in [0.05, 0.1) is 6.04 Å². The van der Waals surface area contributed by atoms with Crippen LogP contribution in [0.15, 0.2) is 30.3 Å². The minimum Gasteiger partial charge on any atom is -0.445 e. The summed E-state index contributed by atoms with van der Waals surface area (Å²) in [6.07, 6.45) is 4.73. The van der Waals surface area contributed by atoms with Gasteiger partial charge in [0.25, 0.3) is 0 Å². The molecule has 0 aromatic heterocycles. The van der Waals surface area contributed by atoms with Crippen LogP contribution in [0, 0.1) is 5.92 Å². The number of nitrogens with one attached hydrogen (secondary N) is 1. The number of hydrogen-bond acceptors (Lipinski definition) is 5. The van der Waals surface area contributed by atoms with E-state index in [1.807, 2.05) is 35.2 Å². The van der Waals surface area contributed by atoms with Crippen molar-refractivity contribution in [1.82, 2.24) is 15.1 Å². The van der Waals surface area contributed by atoms with Crippen LogP contribution in [0.2, 0.25) is 0 Å². The molecule has 1 saturated heterocycles. The third kappa shape index (κ3) is 6.25. The first-order valence-electron chi connectivity index (χ1n) is 12.0. The third-order valence-electron chi connectivity index (χ3n) is 7.19. The molecule has 1 aliphatic carbocycles. The van der Waals surface area contributed by atoms with Crippen LogP contribution in [0.5, 0.6) is 0 Å². The minimum atomic E-state index is -1.06. The van der Waals surface area contributed by atoms with Crippen LogP contribution >= 0.6 is 0 Å². The Morgan fingerprint density at radius 2 is 1.73 bits per heavy atom. The van der Waals surface area contributed by atoms with Crippen molar-refractivity contribution < 1.29 is 19.1 Å². The van der Waals surface area contributed by atoms with Crippen molar-refractivity contribution in [3.63, 3.8) is 0 Å². The lowest BCUT2D eigenvalue weighted by molar-refractivity contribution is -0.134. The monoisotopic (exact) mass is 458 g/mol. The highest BCUT2D eigenvalue weighted by molar-refractivity contribution is 5.89. The number of likely N-dealkylation sites (N-methyl/N-ethyl adjacent to an activating group) is 1. The standard InChI is InChI=1S/C25H38N4O4/c1-25(2,28(3)24(32)33-17-18-9-5-4-6-10-18)23(31)27-20-13-11-19(12-14-20)21(26)22(30)29-15-7-8-16-29/h4-6,9-10,19-21H,7-8,11-17,26H2,1-3H3,(H,27,31)/t19-,20-,21-/m0/s1. The molecule has 0 radical (unpaired) electrons. The second kappa shape index (κ2) is 11.0. The SMILES string of the molecule is CN(C(=O)OCc1ccccc1)C(C)(C)C(=O)N[C@H]1CC[C@H]([C@H](N)C(=O)N2CCCC2)CC1. The van der Waals surface area contributed by atoms with E-state index in [1.54, 1.807) is 20.9 Å². The molecule has 182 valence electrons. The summed E-state index contributed by atoms with van der Waals surface area (Å²) in [4.78, 5) is 41.3. The maximum atomic E-state index is 13.0. The number of nitrogens with two attached hydrogens (primary N) is 1. The Kier molecular flexibility index (Phi) is 8.35. The Morgan fingerprint density at radius 3 is 2.33 bits per heavy atom. The van der Waals surface area contributed by atoms with Crippen LogP contribution in [0.25, 0.3) is 0 Å². The van der Waals surface area contributed by atoms with E-state index in [2.05, 4.69) is 5.32 Å². The fraction of sp³-hybridized carbons (Fsp3) is 0.640. The van der Waals surface area contributed by atoms with Gasteiger partial charge in [0, 0.05) is 26.2 Å². The Morgan fingerprint density at radius 1 is 1.12 bits per heavy atom. The number of rotatable bonds is 7. The smallest absolute Gasteiger partial charge is 0.410 e. The Bertz CT molecular complexity index is 815. The van der Waals surface area contributed by atoms with Crippen LogP contribution in [0.1, 0.15) is 57.9 Å². The average Bonchev–Trinajstić information content (AvgIpc) is 3.37. The molecular weight excluding hydrogens is 420 g/mol. The zero-order valence-electron chi connectivity index (χ0n) is 20.1. The first-order valence-corrected chi connectivity index (χ1v) is 12.0. The molecule has 0 bridgehead atoms. The van der Waals surface area contributed by atoms with E-state index in [-0.39, 0.29) is 30.4 Å². The molecule has 0 unspecified atom stereocenters. The van der Waals surface area contributed by atoms with Crippen LogP contribution in [0.4, 0.5) is 4.79 Å². The maximum Gasteiger partial charge on any atom is 0.410 e. The molecule has 33 heavy (non-hydrogen) atoms. The summed E-state index contributed by atoms with van der Waals surface area (Å²) in [5, 5.41) is 3.09. The van der Waals surface area contributed by atoms with Crippen LogP contribution < -0.4 is 11.1 Å². The van der Waals surface area contributed by atoms with Crippen molar-refractivity contribution in [3.05, 3.63) is 35.9 Å². The largest absolute Gasteiger partial charge is 0.445 e. The summed E-state index contributed by atoms with van der Waals surface area (Å²) >= 11 is 0. The number of hydrogen-bond donors (Lipinski definition) is 2. The van der Waals surface area contributed by atoms with Crippen LogP contribution in [-0.4, -0.2) is 65.5 Å². The average molecular weight is 459 g/mol. The highest BCUT2D eigenvalue weighted by Crippen LogP contribution is 2.28. The van der Waals surface area contributed by atoms with Gasteiger partial charge in [0.15, 0.2) is 0 Å². The van der Waals surface area contributed by atoms with Gasteiger partial charge in [-0.15, -0.1) is 0 Å². The molecule has 2 aliphatic rings. The molecular formula is C25H38N4O4. The summed E-state index contributed by atoms with van der Waals surface area (Å²) < 4.78 is 5.38. The lowest BCUT2D eigenvalue weighted by Crippen LogP contribution is -2.58. The molecule has 1 aromatic rings. The number of nitrogens with zero attached hydrogens (tertiary/aromatic N) is 2. The van der Waals surface area contributed by atoms with E-state index in [9.17, 15) is 14.4 Å². The molecule has 1 aliphatic heterocycles. The van der Waals surface area contributed by atoms with E-state index in [0.29, 0.717) is 0 Å². The van der Waals surface area contributed by atoms with Crippen LogP contribution in [0.3, 0.4) is 0 Å². The number of benzene rings is 1. The normalized spacial score (nSPS) is 21.9. The number of likely N-dealkylation sites (tertiary alicyclic amines) is 1. The summed E-state index contributed by atoms with van der Waals surface area (Å²) in [5.74, 6) is -0.00536. The van der Waals surface area contributed by atoms with Crippen molar-refractivity contribution >= 4 is 17.9 Å². The van der Waals surface area contributed by atoms with Crippen molar-refractivity contribution in [2.45, 2.75) is 76.6 Å². The first-order chi connectivity index (χ1) is 15.7. The number of amides is 3. The van der Waals surface area contributed by atoms with E-state index in [4.69, 9.17) is 10.5 Å². The van der Waals surface area contributed by atoms with Gasteiger partial charge >= 0.3 is 6.09 Å². The molecule has 8 nitrogen and oxygen atoms in total. The number of ether oxygens (including phenoxy) is 1. The zero-order chi connectivity index (χ0) is 24.0. The van der Waals surface area contributed by atoms with E-state index < -0.39 is 17.7 Å². The summed E-state index contributed by atoms with van der Waals surface area (Å²) in [6, 6.07) is 8.98. The Hall–Kier alpha value is -2.61. The van der Waals surface area contributed by atoms with Crippen molar-refractivity contribution in [2.24, 2.45) is 11.7 Å². The number of carbonyl (C=O) groups is 3. The molecule has 3 rings (SSSR count). The maximum absolute atomic E-state index is 13.0. The van der Waals surface area contributed by atoms with E-state index in [0.717, 1.165) is 57.2 Å². The van der Waals surface area contributed by atoms with Gasteiger partial charge in [0.1, 0.15) is 12.1 Å². The van der Waals surface area contributed by atoms with Crippen molar-refractivity contribution in [3.8, 4) is 0 Å². The second-order valence-corrected chi connectivity index (χ2v) is 9.80. The first kappa shape index (κ1) is 25.0. The number of carbonyl (C=O) groups excluding carboxylic acids is 3. The fourth-order valence-corrected chi connectivity index (χ4v) is 4.53. The molecule has 3 N–H and O–H groups in total. The van der Waals surface area contributed by atoms with Gasteiger partial charge in [-0.3, -0.25) is 14.5 Å². The molecule has 3 amide bonds. The molecule has 2 fully saturated rings. The quantitative estimate of drug-likeness (QED) is 0.654. The predicted octanol–water partition coefficient (Wildman–Crippen LogP) is 2.66. The highest BCUT2D eigenvalue weighted by Gasteiger charge is 2.39. The van der Waals surface area contributed by atoms with Gasteiger partial charge in [-0.1, -0.05) is 30.3 Å². The zero-order valence-corrected chi connectivity index (χ0v) is 20.1. The summed E-state index contributed by atoms with van der Waals surface area (Å²) in [6.45, 7) is 5.20. The molecule has 8 heteroatoms. The highest BCUT2D eigenvalue weighted by atomic mass is 16.6. The van der Waals surface area contributed by atoms with Crippen molar-refractivity contribution in [2.75, 3.05) is 20.1 Å². The topological polar surface area (TPSA) is 105 Å². The summed E-state index contributed by atoms with van der Waals surface area (Å²) in [7, 11) is 1.58. The van der Waals surface area contributed by atoms with Gasteiger partial charge in [-0.2, -0.15) is 0 Å². The fourth-order valence-electron chi connectivity index (χ4n) is 4.53. The van der Waals surface area contributed by atoms with Gasteiger partial charge in [0.2, 0.25) is 11.8 Å². The third-order valence-corrected chi connectivity index (χ3v) is 7.19. The Labute approximate surface area is 196 Å². The molecule has 1 atom stereocenters. The van der Waals surface area contributed by atoms with E-state index in [1.165, 1.54) is 4.90 Å². The van der Waals surface area contributed by atoms with Gasteiger partial charge < -0.3 is 20.7 Å². The predicted molar refractivity (Wildman–Crippen MR) is 126 cm³/mol. The summed E-state index contributed by atoms with van der Waals surface area (Å²) in [5.41, 5.74) is 6.12. The molecule has 1 saturated carbocycles. The second-order valence-electron chi connectivity index (χ2n) is 9.80. The van der Waals surface area contributed by atoms with Crippen molar-refractivity contribution in [1.29, 1.82) is 0 Å². The van der Waals surface area contributed by atoms with Gasteiger partial charge in [-0.05, 0) is 63.9 Å². The minimum absolute atomic E-state index is 0.0100. The van der Waals surface area contributed by atoms with Crippen LogP contribution in [-0.2, 0) is 20.9 Å². The molecule has 1 aromatic carbocycles. The van der Waals surface area contributed by atoms with E-state index >= 15 is 0 Å².